The number of carbonyl (C=O) groups excluding carboxylic acids is 1. The minimum absolute atomic E-state index is 0.0724. The number of rotatable bonds is 3. The molecule has 0 aromatic carbocycles. The van der Waals surface area contributed by atoms with E-state index in [9.17, 15) is 14.7 Å². The fraction of sp³-hybridized carbons (Fsp3) is 0.857. The highest BCUT2D eigenvalue weighted by molar-refractivity contribution is 5.81. The lowest BCUT2D eigenvalue weighted by atomic mass is 9.73. The van der Waals surface area contributed by atoms with Crippen LogP contribution in [0.1, 0.15) is 58.3 Å². The molecule has 2 saturated carbocycles. The number of aliphatic carboxylic acids is 1. The summed E-state index contributed by atoms with van der Waals surface area (Å²) in [6.07, 6.45) is 7.57. The molecule has 0 radical (unpaired) electrons. The van der Waals surface area contributed by atoms with Gasteiger partial charge in [0.2, 0.25) is 5.91 Å². The Labute approximate surface area is 108 Å². The molecule has 0 bridgehead atoms. The summed E-state index contributed by atoms with van der Waals surface area (Å²) >= 11 is 0. The molecule has 2 rings (SSSR count). The molecule has 1 amide bonds. The molecule has 102 valence electrons. The smallest absolute Gasteiger partial charge is 0.308 e. The number of carboxylic acids is 1. The maximum atomic E-state index is 12.2. The van der Waals surface area contributed by atoms with Crippen molar-refractivity contribution in [2.75, 3.05) is 0 Å². The second-order valence-corrected chi connectivity index (χ2v) is 6.02. The van der Waals surface area contributed by atoms with Crippen molar-refractivity contribution in [2.45, 2.75) is 63.8 Å². The van der Waals surface area contributed by atoms with Crippen LogP contribution in [0.15, 0.2) is 0 Å². The first-order valence-corrected chi connectivity index (χ1v) is 7.08. The minimum atomic E-state index is -0.774. The van der Waals surface area contributed by atoms with Gasteiger partial charge in [-0.15, -0.1) is 0 Å². The van der Waals surface area contributed by atoms with Crippen LogP contribution in [0.4, 0.5) is 0 Å². The summed E-state index contributed by atoms with van der Waals surface area (Å²) in [5.41, 5.74) is -0.552. The lowest BCUT2D eigenvalue weighted by molar-refractivity contribution is -0.147. The number of hydrogen-bond donors (Lipinski definition) is 2. The Hall–Kier alpha value is -1.06. The van der Waals surface area contributed by atoms with Gasteiger partial charge in [-0.2, -0.15) is 0 Å². The van der Waals surface area contributed by atoms with Gasteiger partial charge in [0.25, 0.3) is 0 Å². The number of amides is 1. The average Bonchev–Trinajstić information content (AvgIpc) is 2.81. The Morgan fingerprint density at radius 1 is 1.11 bits per heavy atom. The van der Waals surface area contributed by atoms with Gasteiger partial charge < -0.3 is 10.4 Å². The molecule has 0 aliphatic heterocycles. The zero-order valence-corrected chi connectivity index (χ0v) is 11.1. The first kappa shape index (κ1) is 13.4. The standard InChI is InChI=1S/C14H23NO3/c1-14(9-5-4-8-11(14)13(17)18)15-12(16)10-6-2-3-7-10/h10-11H,2-9H2,1H3,(H,15,16)(H,17,18). The van der Waals surface area contributed by atoms with Crippen LogP contribution in [-0.2, 0) is 9.59 Å². The van der Waals surface area contributed by atoms with Gasteiger partial charge in [-0.05, 0) is 32.6 Å². The Balaban J connectivity index is 2.03. The fourth-order valence-corrected chi connectivity index (χ4v) is 3.45. The molecule has 2 aliphatic rings. The van der Waals surface area contributed by atoms with Gasteiger partial charge in [-0.25, -0.2) is 0 Å². The zero-order valence-electron chi connectivity index (χ0n) is 11.1. The van der Waals surface area contributed by atoms with E-state index in [0.717, 1.165) is 44.9 Å². The maximum absolute atomic E-state index is 12.2. The minimum Gasteiger partial charge on any atom is -0.481 e. The van der Waals surface area contributed by atoms with Gasteiger partial charge in [-0.3, -0.25) is 9.59 Å². The van der Waals surface area contributed by atoms with E-state index in [1.807, 2.05) is 6.92 Å². The molecule has 0 heterocycles. The summed E-state index contributed by atoms with van der Waals surface area (Å²) in [4.78, 5) is 23.5. The molecule has 2 unspecified atom stereocenters. The molecule has 0 saturated heterocycles. The van der Waals surface area contributed by atoms with Crippen molar-refractivity contribution >= 4 is 11.9 Å². The van der Waals surface area contributed by atoms with Crippen LogP contribution >= 0.6 is 0 Å². The van der Waals surface area contributed by atoms with E-state index < -0.39 is 17.4 Å². The molecular weight excluding hydrogens is 230 g/mol. The molecular formula is C14H23NO3. The average molecular weight is 253 g/mol. The van der Waals surface area contributed by atoms with Gasteiger partial charge in [-0.1, -0.05) is 25.7 Å². The summed E-state index contributed by atoms with van der Waals surface area (Å²) in [5, 5.41) is 12.3. The van der Waals surface area contributed by atoms with Crippen LogP contribution in [0.5, 0.6) is 0 Å². The van der Waals surface area contributed by atoms with Crippen LogP contribution in [0.25, 0.3) is 0 Å². The molecule has 0 aromatic heterocycles. The van der Waals surface area contributed by atoms with E-state index in [-0.39, 0.29) is 11.8 Å². The van der Waals surface area contributed by atoms with Crippen molar-refractivity contribution in [1.82, 2.24) is 5.32 Å². The van der Waals surface area contributed by atoms with E-state index >= 15 is 0 Å². The molecule has 2 atom stereocenters. The largest absolute Gasteiger partial charge is 0.481 e. The predicted octanol–water partition coefficient (Wildman–Crippen LogP) is 2.33. The second kappa shape index (κ2) is 5.29. The second-order valence-electron chi connectivity index (χ2n) is 6.02. The maximum Gasteiger partial charge on any atom is 0.308 e. The van der Waals surface area contributed by atoms with Crippen molar-refractivity contribution in [2.24, 2.45) is 11.8 Å². The predicted molar refractivity (Wildman–Crippen MR) is 68.1 cm³/mol. The fourth-order valence-electron chi connectivity index (χ4n) is 3.45. The van der Waals surface area contributed by atoms with Crippen molar-refractivity contribution in [3.05, 3.63) is 0 Å². The van der Waals surface area contributed by atoms with Crippen molar-refractivity contribution in [3.63, 3.8) is 0 Å². The van der Waals surface area contributed by atoms with E-state index in [4.69, 9.17) is 0 Å². The van der Waals surface area contributed by atoms with Gasteiger partial charge in [0.05, 0.1) is 11.5 Å². The quantitative estimate of drug-likeness (QED) is 0.811. The molecule has 2 N–H and O–H groups in total. The van der Waals surface area contributed by atoms with Crippen LogP contribution in [0, 0.1) is 11.8 Å². The Kier molecular flexibility index (Phi) is 3.93. The topological polar surface area (TPSA) is 66.4 Å². The third-order valence-electron chi connectivity index (χ3n) is 4.64. The number of hydrogen-bond acceptors (Lipinski definition) is 2. The monoisotopic (exact) mass is 253 g/mol. The SMILES string of the molecule is CC1(NC(=O)C2CCCC2)CCCCC1C(=O)O. The van der Waals surface area contributed by atoms with Crippen molar-refractivity contribution in [3.8, 4) is 0 Å². The van der Waals surface area contributed by atoms with Gasteiger partial charge in [0, 0.05) is 5.92 Å². The Morgan fingerprint density at radius 2 is 1.72 bits per heavy atom. The highest BCUT2D eigenvalue weighted by Gasteiger charge is 2.43. The molecule has 4 nitrogen and oxygen atoms in total. The Morgan fingerprint density at radius 3 is 2.33 bits per heavy atom. The third-order valence-corrected chi connectivity index (χ3v) is 4.64. The molecule has 0 aromatic rings. The summed E-state index contributed by atoms with van der Waals surface area (Å²) in [6, 6.07) is 0. The number of carboxylic acid groups (broad SMARTS) is 1. The highest BCUT2D eigenvalue weighted by atomic mass is 16.4. The molecule has 0 spiro atoms. The normalized spacial score (nSPS) is 33.3. The van der Waals surface area contributed by atoms with Crippen LogP contribution < -0.4 is 5.32 Å². The lowest BCUT2D eigenvalue weighted by Gasteiger charge is -2.40. The van der Waals surface area contributed by atoms with E-state index in [1.165, 1.54) is 0 Å². The van der Waals surface area contributed by atoms with Crippen molar-refractivity contribution < 1.29 is 14.7 Å². The third kappa shape index (κ3) is 2.68. The molecule has 4 heteroatoms. The summed E-state index contributed by atoms with van der Waals surface area (Å²) in [5.74, 6) is -1.03. The van der Waals surface area contributed by atoms with E-state index in [2.05, 4.69) is 5.32 Å². The molecule has 18 heavy (non-hydrogen) atoms. The lowest BCUT2D eigenvalue weighted by Crippen LogP contribution is -2.56. The summed E-state index contributed by atoms with van der Waals surface area (Å²) in [6.45, 7) is 1.90. The zero-order chi connectivity index (χ0) is 13.2. The number of nitrogens with one attached hydrogen (secondary N) is 1. The van der Waals surface area contributed by atoms with E-state index in [1.54, 1.807) is 0 Å². The Bertz CT molecular complexity index is 336. The van der Waals surface area contributed by atoms with Crippen LogP contribution in [0.2, 0.25) is 0 Å². The van der Waals surface area contributed by atoms with Gasteiger partial charge in [0.15, 0.2) is 0 Å². The highest BCUT2D eigenvalue weighted by Crippen LogP contribution is 2.35. The molecule has 2 aliphatic carbocycles. The van der Waals surface area contributed by atoms with Crippen LogP contribution in [-0.4, -0.2) is 22.5 Å². The van der Waals surface area contributed by atoms with Crippen molar-refractivity contribution in [1.29, 1.82) is 0 Å². The first-order valence-electron chi connectivity index (χ1n) is 7.08. The summed E-state index contributed by atoms with van der Waals surface area (Å²) < 4.78 is 0. The van der Waals surface area contributed by atoms with E-state index in [0.29, 0.717) is 6.42 Å². The molecule has 2 fully saturated rings. The number of carbonyl (C=O) groups is 2. The van der Waals surface area contributed by atoms with Gasteiger partial charge >= 0.3 is 5.97 Å². The summed E-state index contributed by atoms with van der Waals surface area (Å²) in [7, 11) is 0. The van der Waals surface area contributed by atoms with Gasteiger partial charge in [0.1, 0.15) is 0 Å². The van der Waals surface area contributed by atoms with Crippen LogP contribution in [0.3, 0.4) is 0 Å². The first-order chi connectivity index (χ1) is 8.53.